The molecule has 15 heavy (non-hydrogen) atoms. The van der Waals surface area contributed by atoms with Gasteiger partial charge in [-0.15, -0.1) is 0 Å². The van der Waals surface area contributed by atoms with E-state index in [0.29, 0.717) is 0 Å². The Morgan fingerprint density at radius 3 is 2.53 bits per heavy atom. The third-order valence-corrected chi connectivity index (χ3v) is 2.18. The normalized spacial score (nSPS) is 9.33. The zero-order chi connectivity index (χ0) is 9.80. The van der Waals surface area contributed by atoms with E-state index in [2.05, 4.69) is 40.4 Å². The summed E-state index contributed by atoms with van der Waals surface area (Å²) in [6.45, 7) is 4.63. The number of halogens is 1. The number of nitrogens with one attached hydrogen (secondary N) is 1. The van der Waals surface area contributed by atoms with E-state index in [9.17, 15) is 0 Å². The van der Waals surface area contributed by atoms with Crippen LogP contribution in [0.25, 0.3) is 6.08 Å². The Morgan fingerprint density at radius 2 is 2.00 bits per heavy atom. The van der Waals surface area contributed by atoms with E-state index < -0.39 is 0 Å². The predicted octanol–water partition coefficient (Wildman–Crippen LogP) is -1.00. The molecule has 0 atom stereocenters. The monoisotopic (exact) mass is 312 g/mol. The zero-order valence-electron chi connectivity index (χ0n) is 8.36. The van der Waals surface area contributed by atoms with E-state index in [1.54, 1.807) is 0 Å². The van der Waals surface area contributed by atoms with Crippen LogP contribution in [0.3, 0.4) is 0 Å². The maximum absolute atomic E-state index is 3.73. The second-order valence-corrected chi connectivity index (χ2v) is 3.23. The number of aromatic amines is 1. The molecule has 2 nitrogen and oxygen atoms in total. The summed E-state index contributed by atoms with van der Waals surface area (Å²) < 4.78 is 2.10. The van der Waals surface area contributed by atoms with E-state index in [0.717, 1.165) is 12.1 Å². The zero-order valence-corrected chi connectivity index (χ0v) is 10.5. The van der Waals surface area contributed by atoms with Crippen LogP contribution in [0.2, 0.25) is 0 Å². The van der Waals surface area contributed by atoms with Crippen molar-refractivity contribution in [1.29, 1.82) is 0 Å². The average Bonchev–Trinajstić information content (AvgIpc) is 2.72. The van der Waals surface area contributed by atoms with E-state index in [1.807, 2.05) is 24.8 Å². The van der Waals surface area contributed by atoms with Gasteiger partial charge >= 0.3 is 0 Å². The molecule has 1 aromatic heterocycles. The molecule has 0 radical (unpaired) electrons. The van der Waals surface area contributed by atoms with Crippen LogP contribution in [-0.2, 0) is 6.54 Å². The summed E-state index contributed by atoms with van der Waals surface area (Å²) in [5, 5.41) is 0. The summed E-state index contributed by atoms with van der Waals surface area (Å²) in [5.74, 6) is 0. The van der Waals surface area contributed by atoms with Gasteiger partial charge in [0.05, 0.1) is 0 Å². The third kappa shape index (κ3) is 3.20. The molecule has 1 N–H and O–H groups in total. The Labute approximate surface area is 107 Å². The maximum atomic E-state index is 3.73. The van der Waals surface area contributed by atoms with Gasteiger partial charge in [-0.2, -0.15) is 0 Å². The van der Waals surface area contributed by atoms with Gasteiger partial charge in [0.15, 0.2) is 0 Å². The van der Waals surface area contributed by atoms with Gasteiger partial charge in [0, 0.05) is 0 Å². The molecular formula is C12H13IN2. The van der Waals surface area contributed by atoms with Crippen LogP contribution < -0.4 is 28.5 Å². The molecule has 1 heterocycles. The lowest BCUT2D eigenvalue weighted by molar-refractivity contribution is -0.687. The van der Waals surface area contributed by atoms with Crippen molar-refractivity contribution < 1.29 is 28.5 Å². The molecule has 0 aliphatic heterocycles. The number of rotatable bonds is 3. The molecule has 1 aromatic carbocycles. The van der Waals surface area contributed by atoms with Crippen LogP contribution in [0.5, 0.6) is 0 Å². The molecule has 0 bridgehead atoms. The van der Waals surface area contributed by atoms with Gasteiger partial charge < -0.3 is 24.0 Å². The minimum atomic E-state index is 0. The highest BCUT2D eigenvalue weighted by Gasteiger charge is 1.98. The van der Waals surface area contributed by atoms with Crippen molar-refractivity contribution in [2.45, 2.75) is 6.54 Å². The Balaban J connectivity index is 0.00000112. The molecule has 0 amide bonds. The Hall–Kier alpha value is -1.10. The van der Waals surface area contributed by atoms with Crippen LogP contribution in [0.1, 0.15) is 11.1 Å². The molecule has 0 saturated heterocycles. The van der Waals surface area contributed by atoms with Gasteiger partial charge in [-0.3, -0.25) is 4.98 Å². The molecule has 0 aliphatic rings. The largest absolute Gasteiger partial charge is 1.00 e. The van der Waals surface area contributed by atoms with Crippen LogP contribution in [-0.4, -0.2) is 4.98 Å². The number of H-pyrrole nitrogens is 1. The highest BCUT2D eigenvalue weighted by Crippen LogP contribution is 2.04. The minimum absolute atomic E-state index is 0. The van der Waals surface area contributed by atoms with Gasteiger partial charge in [0.2, 0.25) is 6.33 Å². The Bertz CT molecular complexity index is 404. The summed E-state index contributed by atoms with van der Waals surface area (Å²) in [6.07, 6.45) is 7.73. The fraction of sp³-hybridized carbons (Fsp3) is 0.0833. The maximum Gasteiger partial charge on any atom is 0.241 e. The number of nitrogens with zero attached hydrogens (tertiary/aromatic N) is 1. The van der Waals surface area contributed by atoms with Gasteiger partial charge in [-0.05, 0) is 11.1 Å². The molecule has 2 rings (SSSR count). The molecule has 78 valence electrons. The van der Waals surface area contributed by atoms with E-state index in [1.165, 1.54) is 5.56 Å². The number of hydrogen-bond donors (Lipinski definition) is 1. The summed E-state index contributed by atoms with van der Waals surface area (Å²) in [5.41, 5.74) is 2.45. The van der Waals surface area contributed by atoms with Crippen molar-refractivity contribution in [2.24, 2.45) is 0 Å². The first-order chi connectivity index (χ1) is 6.88. The van der Waals surface area contributed by atoms with Gasteiger partial charge in [0.25, 0.3) is 0 Å². The van der Waals surface area contributed by atoms with Gasteiger partial charge in [0.1, 0.15) is 18.9 Å². The van der Waals surface area contributed by atoms with Crippen molar-refractivity contribution >= 4 is 6.08 Å². The fourth-order valence-electron chi connectivity index (χ4n) is 1.39. The second kappa shape index (κ2) is 5.70. The number of benzene rings is 1. The number of aromatic nitrogens is 2. The average molecular weight is 312 g/mol. The van der Waals surface area contributed by atoms with Crippen molar-refractivity contribution in [1.82, 2.24) is 4.98 Å². The Kier molecular flexibility index (Phi) is 4.55. The quantitative estimate of drug-likeness (QED) is 0.554. The lowest BCUT2D eigenvalue weighted by Crippen LogP contribution is -3.00. The standard InChI is InChI=1S/C12H12N2.HI/c1-2-11-3-5-12(6-4-11)9-14-8-7-13-10-14;/h2-8,10H,1,9H2;1H. The molecular weight excluding hydrogens is 299 g/mol. The van der Waals surface area contributed by atoms with Crippen molar-refractivity contribution in [2.75, 3.05) is 0 Å². The Morgan fingerprint density at radius 1 is 1.27 bits per heavy atom. The molecule has 0 saturated carbocycles. The van der Waals surface area contributed by atoms with Gasteiger partial charge in [-0.1, -0.05) is 36.9 Å². The summed E-state index contributed by atoms with van der Waals surface area (Å²) in [7, 11) is 0. The van der Waals surface area contributed by atoms with E-state index in [4.69, 9.17) is 0 Å². The van der Waals surface area contributed by atoms with Crippen molar-refractivity contribution in [3.8, 4) is 0 Å². The first-order valence-corrected chi connectivity index (χ1v) is 4.62. The fourth-order valence-corrected chi connectivity index (χ4v) is 1.39. The van der Waals surface area contributed by atoms with Crippen LogP contribution in [0.15, 0.2) is 49.6 Å². The van der Waals surface area contributed by atoms with Crippen molar-refractivity contribution in [3.05, 3.63) is 60.7 Å². The molecule has 0 spiro atoms. The van der Waals surface area contributed by atoms with Crippen LogP contribution in [0, 0.1) is 0 Å². The minimum Gasteiger partial charge on any atom is -1.00 e. The van der Waals surface area contributed by atoms with Crippen LogP contribution in [0.4, 0.5) is 0 Å². The molecule has 3 heteroatoms. The summed E-state index contributed by atoms with van der Waals surface area (Å²) in [6, 6.07) is 8.40. The molecule has 0 aliphatic carbocycles. The summed E-state index contributed by atoms with van der Waals surface area (Å²) >= 11 is 0. The SMILES string of the molecule is C=Cc1ccc(C[n+]2cc[nH]c2)cc1.[I-]. The smallest absolute Gasteiger partial charge is 0.241 e. The topological polar surface area (TPSA) is 19.7 Å². The molecule has 0 unspecified atom stereocenters. The van der Waals surface area contributed by atoms with Crippen LogP contribution >= 0.6 is 0 Å². The first-order valence-electron chi connectivity index (χ1n) is 4.62. The summed E-state index contributed by atoms with van der Waals surface area (Å²) in [4.78, 5) is 3.02. The van der Waals surface area contributed by atoms with Gasteiger partial charge in [-0.25, -0.2) is 4.57 Å². The van der Waals surface area contributed by atoms with Crippen molar-refractivity contribution in [3.63, 3.8) is 0 Å². The molecule has 0 fully saturated rings. The second-order valence-electron chi connectivity index (χ2n) is 3.23. The van der Waals surface area contributed by atoms with E-state index >= 15 is 0 Å². The first kappa shape index (κ1) is 12.0. The third-order valence-electron chi connectivity index (χ3n) is 2.18. The highest BCUT2D eigenvalue weighted by molar-refractivity contribution is 5.46. The number of imidazole rings is 1. The highest BCUT2D eigenvalue weighted by atomic mass is 127. The molecule has 2 aromatic rings. The van der Waals surface area contributed by atoms with E-state index in [-0.39, 0.29) is 24.0 Å². The number of hydrogen-bond acceptors (Lipinski definition) is 0. The predicted molar refractivity (Wildman–Crippen MR) is 56.6 cm³/mol. The lowest BCUT2D eigenvalue weighted by atomic mass is 10.1. The lowest BCUT2D eigenvalue weighted by Gasteiger charge is -1.98.